The predicted octanol–water partition coefficient (Wildman–Crippen LogP) is 5.13. The number of ketones is 1. The minimum absolute atomic E-state index is 0.0908. The van der Waals surface area contributed by atoms with E-state index in [1.165, 1.54) is 37.5 Å². The average Bonchev–Trinajstić information content (AvgIpc) is 3.09. The third-order valence-corrected chi connectivity index (χ3v) is 5.27. The minimum Gasteiger partial charge on any atom is -0.507 e. The van der Waals surface area contributed by atoms with Crippen molar-refractivity contribution in [3.05, 3.63) is 69.2 Å². The van der Waals surface area contributed by atoms with E-state index in [4.69, 9.17) is 9.52 Å². The highest BCUT2D eigenvalue weighted by Gasteiger charge is 2.27. The maximum Gasteiger partial charge on any atom is 0.408 e. The molecule has 2 aromatic rings. The van der Waals surface area contributed by atoms with Crippen LogP contribution in [0.5, 0.6) is 5.75 Å². The summed E-state index contributed by atoms with van der Waals surface area (Å²) in [5.41, 5.74) is -0.538. The second-order valence-corrected chi connectivity index (χ2v) is 8.18. The molecule has 1 atom stereocenters. The van der Waals surface area contributed by atoms with Gasteiger partial charge in [0.1, 0.15) is 17.1 Å². The van der Waals surface area contributed by atoms with Crippen LogP contribution in [-0.4, -0.2) is 32.8 Å². The number of amides is 1. The number of carboxylic acid groups (broad SMARTS) is 1. The molecule has 2 aromatic heterocycles. The van der Waals surface area contributed by atoms with Gasteiger partial charge in [-0.3, -0.25) is 10.1 Å². The van der Waals surface area contributed by atoms with Crippen LogP contribution < -0.4 is 10.9 Å². The molecule has 0 spiro atoms. The first kappa shape index (κ1) is 27.5. The van der Waals surface area contributed by atoms with Crippen molar-refractivity contribution in [3.8, 4) is 5.75 Å². The van der Waals surface area contributed by atoms with E-state index < -0.39 is 41.4 Å². The van der Waals surface area contributed by atoms with Crippen LogP contribution in [0.3, 0.4) is 0 Å². The summed E-state index contributed by atoms with van der Waals surface area (Å²) < 4.78 is 44.2. The fourth-order valence-electron chi connectivity index (χ4n) is 3.36. The lowest BCUT2D eigenvalue weighted by Crippen LogP contribution is -2.16. The number of carbonyl (C=O) groups is 2. The molecule has 0 aliphatic heterocycles. The number of rotatable bonds is 10. The highest BCUT2D eigenvalue weighted by atomic mass is 19.4. The quantitative estimate of drug-likeness (QED) is 0.310. The Hall–Kier alpha value is -3.76. The molecule has 0 saturated carbocycles. The number of Topliss-reactive ketones (excluding diaryl/α,β-unsaturated/α-hetero) is 1. The molecule has 0 aromatic carbocycles. The van der Waals surface area contributed by atoms with Gasteiger partial charge in [0.25, 0.3) is 0 Å². The summed E-state index contributed by atoms with van der Waals surface area (Å²) in [5.74, 6) is -1.44. The van der Waals surface area contributed by atoms with Crippen molar-refractivity contribution in [2.24, 2.45) is 7.05 Å². The molecular weight excluding hydrogens is 469 g/mol. The van der Waals surface area contributed by atoms with Gasteiger partial charge in [0.05, 0.1) is 0 Å². The summed E-state index contributed by atoms with van der Waals surface area (Å²) in [6, 6.07) is 2.72. The molecule has 0 aliphatic rings. The van der Waals surface area contributed by atoms with E-state index in [1.807, 2.05) is 0 Å². The van der Waals surface area contributed by atoms with E-state index >= 15 is 0 Å². The number of aromatic nitrogens is 1. The largest absolute Gasteiger partial charge is 0.507 e. The van der Waals surface area contributed by atoms with Gasteiger partial charge < -0.3 is 19.2 Å². The van der Waals surface area contributed by atoms with Crippen LogP contribution in [0.15, 0.2) is 45.4 Å². The zero-order valence-corrected chi connectivity index (χ0v) is 19.5. The molecular formula is C24H27F3N2O6. The zero-order valence-electron chi connectivity index (χ0n) is 19.5. The fraction of sp³-hybridized carbons (Fsp3) is 0.375. The van der Waals surface area contributed by atoms with Gasteiger partial charge in [-0.1, -0.05) is 13.0 Å². The number of nitrogens with zero attached hydrogens (tertiary/aromatic N) is 1. The monoisotopic (exact) mass is 496 g/mol. The third kappa shape index (κ3) is 8.20. The molecule has 0 aliphatic carbocycles. The summed E-state index contributed by atoms with van der Waals surface area (Å²) in [6.45, 7) is 3.17. The van der Waals surface area contributed by atoms with Crippen LogP contribution in [-0.2, 0) is 13.5 Å². The molecule has 35 heavy (non-hydrogen) atoms. The molecule has 8 nitrogen and oxygen atoms in total. The Morgan fingerprint density at radius 2 is 1.97 bits per heavy atom. The zero-order chi connectivity index (χ0) is 26.3. The molecule has 2 heterocycles. The van der Waals surface area contributed by atoms with Gasteiger partial charge in [-0.25, -0.2) is 9.59 Å². The van der Waals surface area contributed by atoms with Gasteiger partial charge in [-0.15, -0.1) is 0 Å². The van der Waals surface area contributed by atoms with Crippen LogP contribution in [0.4, 0.5) is 18.0 Å². The van der Waals surface area contributed by atoms with Crippen molar-refractivity contribution in [2.45, 2.75) is 51.6 Å². The topological polar surface area (TPSA) is 122 Å². The number of alkyl halides is 3. The summed E-state index contributed by atoms with van der Waals surface area (Å²) in [5, 5.41) is 21.0. The standard InChI is InChI=1S/C24H27F3N2O6/c1-14(6-4-5-9-28-23(33)34)19-12-18(30)20(22(32)35-19)21(31)15(2)10-17-11-16(13-29(17)3)7-8-24(25,26)27/h5,9-14,28,30H,4,6-8H2,1-3H3,(H,33,34). The van der Waals surface area contributed by atoms with Crippen LogP contribution in [0.2, 0.25) is 0 Å². The number of halogens is 3. The van der Waals surface area contributed by atoms with E-state index in [0.717, 1.165) is 0 Å². The Morgan fingerprint density at radius 3 is 2.57 bits per heavy atom. The number of nitrogens with one attached hydrogen (secondary N) is 1. The van der Waals surface area contributed by atoms with E-state index in [1.54, 1.807) is 24.6 Å². The molecule has 3 N–H and O–H groups in total. The van der Waals surface area contributed by atoms with Crippen molar-refractivity contribution in [1.29, 1.82) is 0 Å². The number of hydrogen-bond acceptors (Lipinski definition) is 5. The molecule has 0 saturated heterocycles. The first-order chi connectivity index (χ1) is 16.3. The molecule has 0 radical (unpaired) electrons. The number of aryl methyl sites for hydroxylation is 2. The van der Waals surface area contributed by atoms with Crippen molar-refractivity contribution < 1.29 is 37.4 Å². The van der Waals surface area contributed by atoms with Crippen molar-refractivity contribution in [2.75, 3.05) is 0 Å². The van der Waals surface area contributed by atoms with Crippen LogP contribution in [0.25, 0.3) is 6.08 Å². The van der Waals surface area contributed by atoms with E-state index in [2.05, 4.69) is 5.32 Å². The van der Waals surface area contributed by atoms with E-state index in [0.29, 0.717) is 24.1 Å². The lowest BCUT2D eigenvalue weighted by molar-refractivity contribution is -0.134. The second-order valence-electron chi connectivity index (χ2n) is 8.18. The van der Waals surface area contributed by atoms with Gasteiger partial charge in [0.2, 0.25) is 0 Å². The first-order valence-electron chi connectivity index (χ1n) is 10.7. The van der Waals surface area contributed by atoms with E-state index in [9.17, 15) is 32.7 Å². The van der Waals surface area contributed by atoms with Gasteiger partial charge >= 0.3 is 17.9 Å². The van der Waals surface area contributed by atoms with E-state index in [-0.39, 0.29) is 23.7 Å². The lowest BCUT2D eigenvalue weighted by Gasteiger charge is -2.11. The average molecular weight is 496 g/mol. The Kier molecular flexibility index (Phi) is 9.10. The number of carbonyl (C=O) groups excluding carboxylic acids is 1. The third-order valence-electron chi connectivity index (χ3n) is 5.27. The van der Waals surface area contributed by atoms with Crippen molar-refractivity contribution >= 4 is 18.0 Å². The maximum atomic E-state index is 12.8. The van der Waals surface area contributed by atoms with Crippen LogP contribution in [0.1, 0.15) is 66.4 Å². The maximum absolute atomic E-state index is 12.8. The molecule has 11 heteroatoms. The summed E-state index contributed by atoms with van der Waals surface area (Å²) in [6.07, 6.45) is 0.133. The number of hydrogen-bond donors (Lipinski definition) is 3. The highest BCUT2D eigenvalue weighted by Crippen LogP contribution is 2.27. The Balaban J connectivity index is 2.16. The first-order valence-corrected chi connectivity index (χ1v) is 10.7. The summed E-state index contributed by atoms with van der Waals surface area (Å²) in [4.78, 5) is 35.7. The van der Waals surface area contributed by atoms with Gasteiger partial charge in [-0.2, -0.15) is 13.2 Å². The molecule has 1 unspecified atom stereocenters. The molecule has 0 bridgehead atoms. The van der Waals surface area contributed by atoms with Crippen LogP contribution >= 0.6 is 0 Å². The second kappa shape index (κ2) is 11.6. The molecule has 0 fully saturated rings. The normalized spacial score (nSPS) is 13.3. The molecule has 2 rings (SSSR count). The number of allylic oxidation sites excluding steroid dienone is 2. The van der Waals surface area contributed by atoms with Gasteiger partial charge in [-0.05, 0) is 49.5 Å². The van der Waals surface area contributed by atoms with Crippen LogP contribution in [0, 0.1) is 0 Å². The highest BCUT2D eigenvalue weighted by molar-refractivity contribution is 6.12. The predicted molar refractivity (Wildman–Crippen MR) is 122 cm³/mol. The van der Waals surface area contributed by atoms with Gasteiger partial charge in [0, 0.05) is 43.5 Å². The molecule has 190 valence electrons. The minimum atomic E-state index is -4.28. The Labute approximate surface area is 199 Å². The fourth-order valence-corrected chi connectivity index (χ4v) is 3.36. The van der Waals surface area contributed by atoms with Gasteiger partial charge in [0.15, 0.2) is 5.78 Å². The Morgan fingerprint density at radius 1 is 1.29 bits per heavy atom. The number of aromatic hydroxyl groups is 1. The molecule has 1 amide bonds. The smallest absolute Gasteiger partial charge is 0.408 e. The summed E-state index contributed by atoms with van der Waals surface area (Å²) >= 11 is 0. The summed E-state index contributed by atoms with van der Waals surface area (Å²) in [7, 11) is 1.62. The Bertz CT molecular complexity index is 1190. The lowest BCUT2D eigenvalue weighted by atomic mass is 9.99. The SMILES string of the molecule is CC(=Cc1cc(CCC(F)(F)F)cn1C)C(=O)c1c(O)cc(C(C)CCC=CNC(=O)O)oc1=O. The van der Waals surface area contributed by atoms with Crippen molar-refractivity contribution in [1.82, 2.24) is 9.88 Å². The van der Waals surface area contributed by atoms with Crippen molar-refractivity contribution in [3.63, 3.8) is 0 Å².